The summed E-state index contributed by atoms with van der Waals surface area (Å²) >= 11 is 0. The quantitative estimate of drug-likeness (QED) is 0.774. The fraction of sp³-hybridized carbons (Fsp3) is 0.538. The van der Waals surface area contributed by atoms with E-state index in [1.54, 1.807) is 33.3 Å². The van der Waals surface area contributed by atoms with Crippen molar-refractivity contribution in [2.24, 2.45) is 0 Å². The Labute approximate surface area is 115 Å². The van der Waals surface area contributed by atoms with Gasteiger partial charge < -0.3 is 9.47 Å². The van der Waals surface area contributed by atoms with Gasteiger partial charge in [0.25, 0.3) is 0 Å². The Morgan fingerprint density at radius 2 is 1.84 bits per heavy atom. The Bertz CT molecular complexity index is 526. The molecule has 6 heteroatoms. The van der Waals surface area contributed by atoms with Crippen molar-refractivity contribution in [2.75, 3.05) is 27.4 Å². The summed E-state index contributed by atoms with van der Waals surface area (Å²) in [7, 11) is -0.323. The van der Waals surface area contributed by atoms with Crippen molar-refractivity contribution in [2.45, 2.75) is 25.2 Å². The average molecular weight is 287 g/mol. The molecule has 0 saturated carbocycles. The van der Waals surface area contributed by atoms with Gasteiger partial charge in [-0.05, 0) is 43.5 Å². The van der Waals surface area contributed by atoms with E-state index in [-0.39, 0.29) is 0 Å². The second kappa shape index (κ2) is 6.88. The molecule has 1 N–H and O–H groups in total. The molecule has 0 aliphatic carbocycles. The summed E-state index contributed by atoms with van der Waals surface area (Å²) in [6.45, 7) is 4.47. The van der Waals surface area contributed by atoms with Gasteiger partial charge in [-0.25, -0.2) is 13.1 Å². The second-order valence-electron chi connectivity index (χ2n) is 4.33. The molecule has 1 aromatic carbocycles. The predicted molar refractivity (Wildman–Crippen MR) is 74.1 cm³/mol. The van der Waals surface area contributed by atoms with Crippen molar-refractivity contribution in [3.63, 3.8) is 0 Å². The van der Waals surface area contributed by atoms with Gasteiger partial charge >= 0.3 is 0 Å². The topological polar surface area (TPSA) is 64.6 Å². The minimum Gasteiger partial charge on any atom is -0.496 e. The Balaban J connectivity index is 2.92. The van der Waals surface area contributed by atoms with Crippen molar-refractivity contribution in [3.8, 4) is 5.75 Å². The lowest BCUT2D eigenvalue weighted by molar-refractivity contribution is 0.196. The fourth-order valence-electron chi connectivity index (χ4n) is 1.77. The number of benzene rings is 1. The van der Waals surface area contributed by atoms with Crippen LogP contribution in [0.1, 0.15) is 17.5 Å². The van der Waals surface area contributed by atoms with E-state index in [1.807, 2.05) is 6.92 Å². The summed E-state index contributed by atoms with van der Waals surface area (Å²) in [6, 6.07) is 3.37. The lowest BCUT2D eigenvalue weighted by Gasteiger charge is -2.12. The molecular weight excluding hydrogens is 266 g/mol. The molecule has 0 aromatic heterocycles. The van der Waals surface area contributed by atoms with Gasteiger partial charge in [0.2, 0.25) is 10.0 Å². The van der Waals surface area contributed by atoms with Crippen LogP contribution < -0.4 is 9.46 Å². The number of hydrogen-bond donors (Lipinski definition) is 1. The first kappa shape index (κ1) is 15.9. The van der Waals surface area contributed by atoms with E-state index < -0.39 is 10.0 Å². The van der Waals surface area contributed by atoms with Crippen LogP contribution in [0.25, 0.3) is 0 Å². The van der Waals surface area contributed by atoms with Crippen LogP contribution in [0, 0.1) is 13.8 Å². The lowest BCUT2D eigenvalue weighted by atomic mass is 10.1. The van der Waals surface area contributed by atoms with Crippen LogP contribution in [-0.4, -0.2) is 35.8 Å². The molecular formula is C13H21NO4S. The van der Waals surface area contributed by atoms with Gasteiger partial charge in [-0.1, -0.05) is 0 Å². The molecule has 0 aliphatic heterocycles. The van der Waals surface area contributed by atoms with Crippen LogP contribution in [0.5, 0.6) is 5.75 Å². The Morgan fingerprint density at radius 1 is 1.16 bits per heavy atom. The highest BCUT2D eigenvalue weighted by molar-refractivity contribution is 7.89. The molecule has 0 spiro atoms. The standard InChI is InChI=1S/C13H21NO4S/c1-10-9-13(11(2)8-12(10)18-4)19(15,16)14-6-5-7-17-3/h8-9,14H,5-7H2,1-4H3. The van der Waals surface area contributed by atoms with Crippen LogP contribution in [0.15, 0.2) is 17.0 Å². The summed E-state index contributed by atoms with van der Waals surface area (Å²) in [6.07, 6.45) is 0.643. The van der Waals surface area contributed by atoms with Crippen molar-refractivity contribution in [1.82, 2.24) is 4.72 Å². The summed E-state index contributed by atoms with van der Waals surface area (Å²) in [5.74, 6) is 0.691. The molecule has 0 saturated heterocycles. The minimum absolute atomic E-state index is 0.295. The van der Waals surface area contributed by atoms with Gasteiger partial charge in [0, 0.05) is 20.3 Å². The summed E-state index contributed by atoms with van der Waals surface area (Å²) in [5, 5.41) is 0. The maximum Gasteiger partial charge on any atom is 0.240 e. The maximum atomic E-state index is 12.2. The molecule has 108 valence electrons. The molecule has 0 bridgehead atoms. The zero-order chi connectivity index (χ0) is 14.5. The summed E-state index contributed by atoms with van der Waals surface area (Å²) in [5.41, 5.74) is 1.46. The fourth-order valence-corrected chi connectivity index (χ4v) is 3.16. The Hall–Kier alpha value is -1.11. The largest absolute Gasteiger partial charge is 0.496 e. The van der Waals surface area contributed by atoms with Gasteiger partial charge in [0.15, 0.2) is 0 Å². The van der Waals surface area contributed by atoms with E-state index in [2.05, 4.69) is 4.72 Å². The molecule has 1 rings (SSSR count). The van der Waals surface area contributed by atoms with Gasteiger partial charge in [-0.2, -0.15) is 0 Å². The summed E-state index contributed by atoms with van der Waals surface area (Å²) < 4.78 is 37.0. The van der Waals surface area contributed by atoms with E-state index in [9.17, 15) is 8.42 Å². The molecule has 0 unspecified atom stereocenters. The zero-order valence-corrected chi connectivity index (χ0v) is 12.6. The Kier molecular flexibility index (Phi) is 5.78. The molecule has 0 radical (unpaired) electrons. The highest BCUT2D eigenvalue weighted by Gasteiger charge is 2.18. The third-order valence-electron chi connectivity index (χ3n) is 2.80. The van der Waals surface area contributed by atoms with Crippen LogP contribution in [0.4, 0.5) is 0 Å². The molecule has 5 nitrogen and oxygen atoms in total. The number of sulfonamides is 1. The Morgan fingerprint density at radius 3 is 2.42 bits per heavy atom. The summed E-state index contributed by atoms with van der Waals surface area (Å²) in [4.78, 5) is 0.295. The molecule has 0 heterocycles. The molecule has 19 heavy (non-hydrogen) atoms. The number of hydrogen-bond acceptors (Lipinski definition) is 4. The SMILES string of the molecule is COCCCNS(=O)(=O)c1cc(C)c(OC)cc1C. The number of ether oxygens (including phenoxy) is 2. The molecule has 0 amide bonds. The average Bonchev–Trinajstić information content (AvgIpc) is 2.36. The van der Waals surface area contributed by atoms with Crippen molar-refractivity contribution in [3.05, 3.63) is 23.3 Å². The first-order valence-corrected chi connectivity index (χ1v) is 7.54. The molecule has 1 aromatic rings. The molecule has 0 atom stereocenters. The van der Waals surface area contributed by atoms with Crippen molar-refractivity contribution in [1.29, 1.82) is 0 Å². The third-order valence-corrected chi connectivity index (χ3v) is 4.40. The predicted octanol–water partition coefficient (Wildman–Crippen LogP) is 1.63. The number of nitrogens with one attached hydrogen (secondary N) is 1. The van der Waals surface area contributed by atoms with Crippen molar-refractivity contribution >= 4 is 10.0 Å². The van der Waals surface area contributed by atoms with E-state index in [1.165, 1.54) is 0 Å². The maximum absolute atomic E-state index is 12.2. The number of rotatable bonds is 7. The van der Waals surface area contributed by atoms with Crippen LogP contribution in [0.2, 0.25) is 0 Å². The number of methoxy groups -OCH3 is 2. The van der Waals surface area contributed by atoms with Gasteiger partial charge in [-0.15, -0.1) is 0 Å². The van der Waals surface area contributed by atoms with E-state index in [0.29, 0.717) is 35.8 Å². The van der Waals surface area contributed by atoms with Gasteiger partial charge in [0.1, 0.15) is 5.75 Å². The van der Waals surface area contributed by atoms with Crippen LogP contribution in [0.3, 0.4) is 0 Å². The molecule has 0 fully saturated rings. The first-order chi connectivity index (χ1) is 8.92. The van der Waals surface area contributed by atoms with E-state index in [4.69, 9.17) is 9.47 Å². The first-order valence-electron chi connectivity index (χ1n) is 6.06. The van der Waals surface area contributed by atoms with E-state index >= 15 is 0 Å². The van der Waals surface area contributed by atoms with Gasteiger partial charge in [0.05, 0.1) is 12.0 Å². The highest BCUT2D eigenvalue weighted by atomic mass is 32.2. The molecule has 0 aliphatic rings. The van der Waals surface area contributed by atoms with E-state index in [0.717, 1.165) is 5.56 Å². The monoisotopic (exact) mass is 287 g/mol. The lowest BCUT2D eigenvalue weighted by Crippen LogP contribution is -2.26. The zero-order valence-electron chi connectivity index (χ0n) is 11.8. The second-order valence-corrected chi connectivity index (χ2v) is 6.07. The smallest absolute Gasteiger partial charge is 0.240 e. The van der Waals surface area contributed by atoms with Crippen molar-refractivity contribution < 1.29 is 17.9 Å². The van der Waals surface area contributed by atoms with Gasteiger partial charge in [-0.3, -0.25) is 0 Å². The van der Waals surface area contributed by atoms with Crippen LogP contribution >= 0.6 is 0 Å². The third kappa shape index (κ3) is 4.19. The number of aryl methyl sites for hydroxylation is 2. The van der Waals surface area contributed by atoms with Crippen LogP contribution in [-0.2, 0) is 14.8 Å². The highest BCUT2D eigenvalue weighted by Crippen LogP contribution is 2.25. The normalized spacial score (nSPS) is 11.6. The minimum atomic E-state index is -3.48.